The number of rotatable bonds is 1. The second-order valence-corrected chi connectivity index (χ2v) is 7.92. The van der Waals surface area contributed by atoms with Crippen molar-refractivity contribution in [2.45, 2.75) is 27.2 Å². The standard InChI is InChI=1S/C22H23N3O3/c1-13-5-8-18-16(9-13)11-22(12-24(18)4)19(26)23-21(28)25(20(22)27)17-7-6-14(2)15(3)10-17/h5-10H,11-12H2,1-4H3,(H,23,26,28)/t22-/m0/s1. The normalized spacial score (nSPS) is 21.8. The molecule has 2 aliphatic rings. The fourth-order valence-corrected chi connectivity index (χ4v) is 4.17. The van der Waals surface area contributed by atoms with E-state index >= 15 is 0 Å². The molecule has 4 rings (SSSR count). The zero-order valence-electron chi connectivity index (χ0n) is 16.5. The van der Waals surface area contributed by atoms with Crippen LogP contribution in [-0.2, 0) is 16.0 Å². The number of amides is 4. The Balaban J connectivity index is 1.81. The first kappa shape index (κ1) is 18.2. The third-order valence-electron chi connectivity index (χ3n) is 5.86. The van der Waals surface area contributed by atoms with E-state index in [-0.39, 0.29) is 13.0 Å². The molecule has 0 aromatic heterocycles. The minimum Gasteiger partial charge on any atom is -0.373 e. The third kappa shape index (κ3) is 2.59. The summed E-state index contributed by atoms with van der Waals surface area (Å²) in [5.74, 6) is -0.995. The molecule has 0 unspecified atom stereocenters. The minimum absolute atomic E-state index is 0.225. The summed E-state index contributed by atoms with van der Waals surface area (Å²) in [6.07, 6.45) is 0.271. The number of nitrogens with zero attached hydrogens (tertiary/aromatic N) is 2. The van der Waals surface area contributed by atoms with Crippen molar-refractivity contribution in [2.75, 3.05) is 23.4 Å². The van der Waals surface area contributed by atoms with E-state index in [9.17, 15) is 14.4 Å². The minimum atomic E-state index is -1.33. The molecule has 2 aliphatic heterocycles. The van der Waals surface area contributed by atoms with Crippen molar-refractivity contribution in [3.05, 3.63) is 58.7 Å². The Hall–Kier alpha value is -3.15. The molecule has 1 spiro atoms. The lowest BCUT2D eigenvalue weighted by molar-refractivity contribution is -0.142. The fourth-order valence-electron chi connectivity index (χ4n) is 4.17. The molecule has 1 fully saturated rings. The summed E-state index contributed by atoms with van der Waals surface area (Å²) < 4.78 is 0. The lowest BCUT2D eigenvalue weighted by Gasteiger charge is -2.45. The summed E-state index contributed by atoms with van der Waals surface area (Å²) in [6, 6.07) is 10.8. The molecule has 144 valence electrons. The van der Waals surface area contributed by atoms with Gasteiger partial charge in [-0.15, -0.1) is 0 Å². The van der Waals surface area contributed by atoms with Crippen LogP contribution < -0.4 is 15.1 Å². The molecule has 0 saturated carbocycles. The van der Waals surface area contributed by atoms with Gasteiger partial charge in [-0.25, -0.2) is 9.69 Å². The molecular weight excluding hydrogens is 354 g/mol. The van der Waals surface area contributed by atoms with Gasteiger partial charge in [-0.3, -0.25) is 14.9 Å². The lowest BCUT2D eigenvalue weighted by Crippen LogP contribution is -2.68. The van der Waals surface area contributed by atoms with Crippen LogP contribution in [0.1, 0.15) is 22.3 Å². The number of urea groups is 1. The van der Waals surface area contributed by atoms with Gasteiger partial charge in [0, 0.05) is 19.3 Å². The van der Waals surface area contributed by atoms with Gasteiger partial charge in [-0.05, 0) is 62.1 Å². The van der Waals surface area contributed by atoms with Crippen LogP contribution in [0.5, 0.6) is 0 Å². The molecule has 0 aliphatic carbocycles. The molecule has 1 atom stereocenters. The Morgan fingerprint density at radius 1 is 0.964 bits per heavy atom. The van der Waals surface area contributed by atoms with E-state index in [0.717, 1.165) is 32.8 Å². The van der Waals surface area contributed by atoms with Gasteiger partial charge in [0.05, 0.1) is 5.69 Å². The fraction of sp³-hybridized carbons (Fsp3) is 0.318. The molecule has 0 radical (unpaired) electrons. The second-order valence-electron chi connectivity index (χ2n) is 7.92. The van der Waals surface area contributed by atoms with Gasteiger partial charge in [-0.2, -0.15) is 0 Å². The average Bonchev–Trinajstić information content (AvgIpc) is 2.63. The predicted octanol–water partition coefficient (Wildman–Crippen LogP) is 2.87. The van der Waals surface area contributed by atoms with Crippen LogP contribution in [0, 0.1) is 26.2 Å². The Bertz CT molecular complexity index is 1030. The number of nitrogens with one attached hydrogen (secondary N) is 1. The number of barbiturate groups is 1. The average molecular weight is 377 g/mol. The number of fused-ring (bicyclic) bond motifs is 1. The maximum absolute atomic E-state index is 13.6. The molecule has 0 bridgehead atoms. The van der Waals surface area contributed by atoms with Crippen LogP contribution in [0.25, 0.3) is 0 Å². The van der Waals surface area contributed by atoms with Crippen molar-refractivity contribution in [3.63, 3.8) is 0 Å². The summed E-state index contributed by atoms with van der Waals surface area (Å²) in [4.78, 5) is 42.1. The van der Waals surface area contributed by atoms with Crippen molar-refractivity contribution in [1.82, 2.24) is 5.32 Å². The first-order chi connectivity index (χ1) is 13.2. The van der Waals surface area contributed by atoms with Crippen LogP contribution in [0.15, 0.2) is 36.4 Å². The second kappa shape index (κ2) is 6.19. The zero-order chi connectivity index (χ0) is 20.2. The molecule has 6 heteroatoms. The number of benzene rings is 2. The van der Waals surface area contributed by atoms with E-state index in [1.54, 1.807) is 12.1 Å². The van der Waals surface area contributed by atoms with Crippen molar-refractivity contribution < 1.29 is 14.4 Å². The summed E-state index contributed by atoms with van der Waals surface area (Å²) in [5, 5.41) is 2.42. The smallest absolute Gasteiger partial charge is 0.335 e. The van der Waals surface area contributed by atoms with Gasteiger partial charge >= 0.3 is 6.03 Å². The van der Waals surface area contributed by atoms with Gasteiger partial charge in [0.25, 0.3) is 5.91 Å². The maximum Gasteiger partial charge on any atom is 0.335 e. The van der Waals surface area contributed by atoms with E-state index < -0.39 is 23.3 Å². The zero-order valence-corrected chi connectivity index (χ0v) is 16.5. The highest BCUT2D eigenvalue weighted by Gasteiger charge is 2.56. The van der Waals surface area contributed by atoms with Gasteiger partial charge in [-0.1, -0.05) is 23.8 Å². The van der Waals surface area contributed by atoms with E-state index in [2.05, 4.69) is 5.32 Å². The number of carbonyl (C=O) groups is 3. The number of hydrogen-bond donors (Lipinski definition) is 1. The Kier molecular flexibility index (Phi) is 4.03. The summed E-state index contributed by atoms with van der Waals surface area (Å²) >= 11 is 0. The van der Waals surface area contributed by atoms with Crippen molar-refractivity contribution >= 4 is 29.2 Å². The van der Waals surface area contributed by atoms with Gasteiger partial charge in [0.1, 0.15) is 0 Å². The molecule has 1 saturated heterocycles. The first-order valence-corrected chi connectivity index (χ1v) is 9.31. The number of hydrogen-bond acceptors (Lipinski definition) is 4. The molecule has 6 nitrogen and oxygen atoms in total. The van der Waals surface area contributed by atoms with E-state index in [1.807, 2.05) is 57.0 Å². The first-order valence-electron chi connectivity index (χ1n) is 9.31. The van der Waals surface area contributed by atoms with Crippen LogP contribution >= 0.6 is 0 Å². The summed E-state index contributed by atoms with van der Waals surface area (Å²) in [6.45, 7) is 6.11. The number of aryl methyl sites for hydroxylation is 3. The lowest BCUT2D eigenvalue weighted by atomic mass is 9.74. The summed E-state index contributed by atoms with van der Waals surface area (Å²) in [5.41, 5.74) is 4.21. The monoisotopic (exact) mass is 377 g/mol. The quantitative estimate of drug-likeness (QED) is 0.776. The molecule has 2 aromatic rings. The topological polar surface area (TPSA) is 69.7 Å². The molecule has 4 amide bonds. The third-order valence-corrected chi connectivity index (χ3v) is 5.86. The Labute approximate surface area is 164 Å². The van der Waals surface area contributed by atoms with E-state index in [4.69, 9.17) is 0 Å². The van der Waals surface area contributed by atoms with Crippen LogP contribution in [0.2, 0.25) is 0 Å². The van der Waals surface area contributed by atoms with Gasteiger partial charge in [0.2, 0.25) is 5.91 Å². The van der Waals surface area contributed by atoms with Crippen molar-refractivity contribution in [2.24, 2.45) is 5.41 Å². The number of anilines is 2. The molecule has 28 heavy (non-hydrogen) atoms. The van der Waals surface area contributed by atoms with Crippen molar-refractivity contribution in [1.29, 1.82) is 0 Å². The maximum atomic E-state index is 13.6. The van der Waals surface area contributed by atoms with Gasteiger partial charge < -0.3 is 4.90 Å². The number of carbonyl (C=O) groups excluding carboxylic acids is 3. The Morgan fingerprint density at radius 3 is 2.43 bits per heavy atom. The molecule has 1 N–H and O–H groups in total. The Morgan fingerprint density at radius 2 is 1.71 bits per heavy atom. The molecular formula is C22H23N3O3. The highest BCUT2D eigenvalue weighted by atomic mass is 16.2. The largest absolute Gasteiger partial charge is 0.373 e. The highest BCUT2D eigenvalue weighted by molar-refractivity contribution is 6.30. The van der Waals surface area contributed by atoms with E-state index in [1.165, 1.54) is 0 Å². The molecule has 2 aromatic carbocycles. The van der Waals surface area contributed by atoms with Gasteiger partial charge in [0.15, 0.2) is 5.41 Å². The van der Waals surface area contributed by atoms with Crippen LogP contribution in [-0.4, -0.2) is 31.4 Å². The molecule has 2 heterocycles. The summed E-state index contributed by atoms with van der Waals surface area (Å²) in [7, 11) is 1.87. The SMILES string of the molecule is Cc1ccc2c(c1)C[C@]1(CN2C)C(=O)NC(=O)N(c2ccc(C)c(C)c2)C1=O. The van der Waals surface area contributed by atoms with Crippen molar-refractivity contribution in [3.8, 4) is 0 Å². The highest BCUT2D eigenvalue weighted by Crippen LogP contribution is 2.40. The van der Waals surface area contributed by atoms with Crippen LogP contribution in [0.4, 0.5) is 16.2 Å². The predicted molar refractivity (Wildman–Crippen MR) is 108 cm³/mol. The number of imide groups is 2. The van der Waals surface area contributed by atoms with E-state index in [0.29, 0.717) is 5.69 Å². The van der Waals surface area contributed by atoms with Crippen LogP contribution in [0.3, 0.4) is 0 Å².